The van der Waals surface area contributed by atoms with E-state index in [-0.39, 0.29) is 5.82 Å². The molecule has 1 unspecified atom stereocenters. The number of halogens is 2. The fraction of sp³-hybridized carbons (Fsp3) is 0.333. The first kappa shape index (κ1) is 16.9. The van der Waals surface area contributed by atoms with Gasteiger partial charge < -0.3 is 4.90 Å². The Morgan fingerprint density at radius 1 is 1.20 bits per heavy atom. The van der Waals surface area contributed by atoms with Crippen molar-refractivity contribution >= 4 is 44.0 Å². The van der Waals surface area contributed by atoms with Crippen molar-refractivity contribution in [2.24, 2.45) is 0 Å². The van der Waals surface area contributed by atoms with Crippen LogP contribution in [0.5, 0.6) is 0 Å². The van der Waals surface area contributed by atoms with Gasteiger partial charge >= 0.3 is 0 Å². The number of rotatable bonds is 3. The lowest BCUT2D eigenvalue weighted by Crippen LogP contribution is -2.47. The molecule has 4 rings (SSSR count). The van der Waals surface area contributed by atoms with Crippen molar-refractivity contribution in [2.45, 2.75) is 13.0 Å². The fourth-order valence-corrected chi connectivity index (χ4v) is 4.31. The normalized spacial score (nSPS) is 17.2. The minimum atomic E-state index is -0.278. The lowest BCUT2D eigenvalue weighted by Gasteiger charge is -2.38. The SMILES string of the molecule is CC(c1nccs1)N1CCN(c2ccc3cc(Br)c(F)cc3n2)CC1. The molecule has 0 radical (unpaired) electrons. The maximum Gasteiger partial charge on any atom is 0.139 e. The van der Waals surface area contributed by atoms with E-state index >= 15 is 0 Å². The van der Waals surface area contributed by atoms with Crippen LogP contribution >= 0.6 is 27.3 Å². The highest BCUT2D eigenvalue weighted by atomic mass is 79.9. The molecule has 1 atom stereocenters. The average Bonchev–Trinajstić information content (AvgIpc) is 3.16. The van der Waals surface area contributed by atoms with Gasteiger partial charge in [0.05, 0.1) is 16.0 Å². The third-order valence-electron chi connectivity index (χ3n) is 4.71. The molecule has 3 heterocycles. The molecule has 0 aliphatic carbocycles. The van der Waals surface area contributed by atoms with Gasteiger partial charge in [0.25, 0.3) is 0 Å². The zero-order chi connectivity index (χ0) is 17.4. The fourth-order valence-electron chi connectivity index (χ4n) is 3.22. The molecule has 1 saturated heterocycles. The Morgan fingerprint density at radius 2 is 2.00 bits per heavy atom. The van der Waals surface area contributed by atoms with Gasteiger partial charge in [-0.2, -0.15) is 0 Å². The average molecular weight is 421 g/mol. The first-order valence-electron chi connectivity index (χ1n) is 8.26. The molecular formula is C18H18BrFN4S. The molecule has 0 N–H and O–H groups in total. The quantitative estimate of drug-likeness (QED) is 0.625. The molecule has 1 fully saturated rings. The summed E-state index contributed by atoms with van der Waals surface area (Å²) in [4.78, 5) is 13.8. The molecule has 130 valence electrons. The van der Waals surface area contributed by atoms with E-state index in [9.17, 15) is 4.39 Å². The van der Waals surface area contributed by atoms with Crippen molar-refractivity contribution < 1.29 is 4.39 Å². The second-order valence-electron chi connectivity index (χ2n) is 6.20. The number of benzene rings is 1. The van der Waals surface area contributed by atoms with Crippen LogP contribution in [0.3, 0.4) is 0 Å². The summed E-state index contributed by atoms with van der Waals surface area (Å²) < 4.78 is 14.3. The van der Waals surface area contributed by atoms with Crippen LogP contribution < -0.4 is 4.90 Å². The van der Waals surface area contributed by atoms with E-state index in [0.717, 1.165) is 37.4 Å². The van der Waals surface area contributed by atoms with Crippen LogP contribution in [0.2, 0.25) is 0 Å². The molecule has 1 aromatic carbocycles. The van der Waals surface area contributed by atoms with E-state index < -0.39 is 0 Å². The maximum atomic E-state index is 13.8. The zero-order valence-corrected chi connectivity index (χ0v) is 16.2. The van der Waals surface area contributed by atoms with Crippen molar-refractivity contribution in [1.29, 1.82) is 0 Å². The van der Waals surface area contributed by atoms with Crippen LogP contribution in [0.15, 0.2) is 40.3 Å². The Balaban J connectivity index is 1.49. The first-order valence-corrected chi connectivity index (χ1v) is 9.93. The molecule has 2 aromatic heterocycles. The minimum Gasteiger partial charge on any atom is -0.354 e. The Kier molecular flexibility index (Phi) is 4.71. The molecule has 4 nitrogen and oxygen atoms in total. The molecule has 0 spiro atoms. The van der Waals surface area contributed by atoms with Gasteiger partial charge in [-0.05, 0) is 41.1 Å². The van der Waals surface area contributed by atoms with Gasteiger partial charge in [0.1, 0.15) is 16.6 Å². The number of anilines is 1. The number of pyridine rings is 1. The number of piperazine rings is 1. The first-order chi connectivity index (χ1) is 12.1. The van der Waals surface area contributed by atoms with E-state index in [1.54, 1.807) is 17.4 Å². The van der Waals surface area contributed by atoms with Crippen LogP contribution in [0.1, 0.15) is 18.0 Å². The lowest BCUT2D eigenvalue weighted by molar-refractivity contribution is 0.198. The van der Waals surface area contributed by atoms with Crippen LogP contribution in [0.4, 0.5) is 10.2 Å². The van der Waals surface area contributed by atoms with Crippen LogP contribution in [0, 0.1) is 5.82 Å². The predicted molar refractivity (Wildman–Crippen MR) is 104 cm³/mol. The second-order valence-corrected chi connectivity index (χ2v) is 7.98. The van der Waals surface area contributed by atoms with Crippen molar-refractivity contribution in [3.8, 4) is 0 Å². The molecule has 0 saturated carbocycles. The Labute approximate surface area is 158 Å². The number of hydrogen-bond acceptors (Lipinski definition) is 5. The van der Waals surface area contributed by atoms with Gasteiger partial charge in [-0.25, -0.2) is 14.4 Å². The van der Waals surface area contributed by atoms with Crippen molar-refractivity contribution in [1.82, 2.24) is 14.9 Å². The smallest absolute Gasteiger partial charge is 0.139 e. The van der Waals surface area contributed by atoms with Crippen molar-refractivity contribution in [3.63, 3.8) is 0 Å². The highest BCUT2D eigenvalue weighted by Gasteiger charge is 2.24. The molecule has 3 aromatic rings. The predicted octanol–water partition coefficient (Wildman–Crippen LogP) is 4.48. The number of thiazole rings is 1. The topological polar surface area (TPSA) is 32.3 Å². The van der Waals surface area contributed by atoms with E-state index in [0.29, 0.717) is 16.0 Å². The van der Waals surface area contributed by atoms with Gasteiger partial charge in [0, 0.05) is 49.2 Å². The van der Waals surface area contributed by atoms with E-state index in [4.69, 9.17) is 0 Å². The maximum absolute atomic E-state index is 13.8. The zero-order valence-electron chi connectivity index (χ0n) is 13.8. The Morgan fingerprint density at radius 3 is 2.72 bits per heavy atom. The number of nitrogens with zero attached hydrogens (tertiary/aromatic N) is 4. The van der Waals surface area contributed by atoms with Gasteiger partial charge in [-0.3, -0.25) is 4.90 Å². The monoisotopic (exact) mass is 420 g/mol. The van der Waals surface area contributed by atoms with Crippen molar-refractivity contribution in [3.05, 3.63) is 51.1 Å². The summed E-state index contributed by atoms with van der Waals surface area (Å²) >= 11 is 4.93. The number of aromatic nitrogens is 2. The molecule has 0 amide bonds. The third-order valence-corrected chi connectivity index (χ3v) is 6.26. The second kappa shape index (κ2) is 6.97. The summed E-state index contributed by atoms with van der Waals surface area (Å²) in [6.45, 7) is 5.97. The summed E-state index contributed by atoms with van der Waals surface area (Å²) in [6.07, 6.45) is 1.86. The van der Waals surface area contributed by atoms with E-state index in [2.05, 4.69) is 42.6 Å². The summed E-state index contributed by atoms with van der Waals surface area (Å²) in [6, 6.07) is 7.64. The number of fused-ring (bicyclic) bond motifs is 1. The summed E-state index contributed by atoms with van der Waals surface area (Å²) in [5.74, 6) is 0.634. The van der Waals surface area contributed by atoms with Crippen LogP contribution in [-0.2, 0) is 0 Å². The van der Waals surface area contributed by atoms with E-state index in [1.807, 2.05) is 23.7 Å². The summed E-state index contributed by atoms with van der Waals surface area (Å²) in [5, 5.41) is 4.13. The van der Waals surface area contributed by atoms with Gasteiger partial charge in [-0.1, -0.05) is 0 Å². The van der Waals surface area contributed by atoms with Gasteiger partial charge in [-0.15, -0.1) is 11.3 Å². The molecule has 25 heavy (non-hydrogen) atoms. The molecular weight excluding hydrogens is 403 g/mol. The third kappa shape index (κ3) is 3.41. The Hall–Kier alpha value is -1.57. The minimum absolute atomic E-state index is 0.278. The standard InChI is InChI=1S/C18H18BrFN4S/c1-12(18-21-4-9-25-18)23-5-7-24(8-6-23)17-3-2-13-10-14(19)15(20)11-16(13)22-17/h2-4,9-12H,5-8H2,1H3. The number of hydrogen-bond donors (Lipinski definition) is 0. The van der Waals surface area contributed by atoms with Gasteiger partial charge in [0.2, 0.25) is 0 Å². The lowest BCUT2D eigenvalue weighted by atomic mass is 10.2. The largest absolute Gasteiger partial charge is 0.354 e. The summed E-state index contributed by atoms with van der Waals surface area (Å²) in [5.41, 5.74) is 0.691. The highest BCUT2D eigenvalue weighted by Crippen LogP contribution is 2.27. The van der Waals surface area contributed by atoms with Crippen LogP contribution in [0.25, 0.3) is 10.9 Å². The Bertz CT molecular complexity index is 878. The summed E-state index contributed by atoms with van der Waals surface area (Å²) in [7, 11) is 0. The van der Waals surface area contributed by atoms with Gasteiger partial charge in [0.15, 0.2) is 0 Å². The van der Waals surface area contributed by atoms with Crippen LogP contribution in [-0.4, -0.2) is 41.0 Å². The highest BCUT2D eigenvalue weighted by molar-refractivity contribution is 9.10. The van der Waals surface area contributed by atoms with E-state index in [1.165, 1.54) is 11.1 Å². The molecule has 1 aliphatic heterocycles. The molecule has 1 aliphatic rings. The molecule has 0 bridgehead atoms. The molecule has 7 heteroatoms. The van der Waals surface area contributed by atoms with Crippen molar-refractivity contribution in [2.75, 3.05) is 31.1 Å².